The van der Waals surface area contributed by atoms with E-state index >= 15 is 0 Å². The Balaban J connectivity index is 1.51. The number of furan rings is 1. The van der Waals surface area contributed by atoms with Crippen LogP contribution in [0.4, 0.5) is 5.69 Å². The number of carbonyl (C=O) groups is 2. The Kier molecular flexibility index (Phi) is 9.60. The first-order valence-corrected chi connectivity index (χ1v) is 12.7. The molecule has 0 N–H and O–H groups in total. The van der Waals surface area contributed by atoms with Crippen LogP contribution in [0.5, 0.6) is 0 Å². The normalized spacial score (nSPS) is 13.7. The van der Waals surface area contributed by atoms with Crippen LogP contribution >= 0.6 is 0 Å². The number of hydrogen-bond donors (Lipinski definition) is 0. The van der Waals surface area contributed by atoms with Crippen LogP contribution < -0.4 is 0 Å². The molecule has 0 spiro atoms. The predicted octanol–water partition coefficient (Wildman–Crippen LogP) is 3.58. The van der Waals surface area contributed by atoms with Crippen molar-refractivity contribution in [3.8, 4) is 0 Å². The second-order valence-corrected chi connectivity index (χ2v) is 9.16. The maximum atomic E-state index is 13.6. The molecule has 0 bridgehead atoms. The number of ether oxygens (including phenoxy) is 1. The van der Waals surface area contributed by atoms with Gasteiger partial charge in [0.2, 0.25) is 5.91 Å². The van der Waals surface area contributed by atoms with Crippen molar-refractivity contribution in [2.24, 2.45) is 0 Å². The third-order valence-corrected chi connectivity index (χ3v) is 6.42. The average molecular weight is 521 g/mol. The van der Waals surface area contributed by atoms with Gasteiger partial charge in [0.05, 0.1) is 30.9 Å². The minimum Gasteiger partial charge on any atom is -0.467 e. The van der Waals surface area contributed by atoms with Gasteiger partial charge in [0, 0.05) is 50.4 Å². The number of rotatable bonds is 12. The van der Waals surface area contributed by atoms with E-state index < -0.39 is 10.8 Å². The van der Waals surface area contributed by atoms with Crippen LogP contribution in [0.15, 0.2) is 77.4 Å². The Morgan fingerprint density at radius 3 is 2.45 bits per heavy atom. The van der Waals surface area contributed by atoms with E-state index in [0.29, 0.717) is 38.5 Å². The molecule has 3 aromatic rings. The summed E-state index contributed by atoms with van der Waals surface area (Å²) in [5.74, 6) is -0.0183. The van der Waals surface area contributed by atoms with Crippen molar-refractivity contribution in [3.63, 3.8) is 0 Å². The summed E-state index contributed by atoms with van der Waals surface area (Å²) in [6.45, 7) is 4.56. The van der Waals surface area contributed by atoms with Crippen molar-refractivity contribution < 1.29 is 23.7 Å². The number of carbonyl (C=O) groups excluding carboxylic acids is 2. The van der Waals surface area contributed by atoms with Gasteiger partial charge in [-0.15, -0.1) is 0 Å². The van der Waals surface area contributed by atoms with Crippen molar-refractivity contribution >= 4 is 17.5 Å². The van der Waals surface area contributed by atoms with Gasteiger partial charge in [-0.05, 0) is 30.2 Å². The molecule has 0 unspecified atom stereocenters. The number of nitro benzene ring substituents is 1. The average Bonchev–Trinajstić information content (AvgIpc) is 3.46. The van der Waals surface area contributed by atoms with Crippen molar-refractivity contribution in [2.45, 2.75) is 19.5 Å². The van der Waals surface area contributed by atoms with E-state index in [4.69, 9.17) is 9.15 Å². The van der Waals surface area contributed by atoms with E-state index in [2.05, 4.69) is 4.90 Å². The molecule has 1 aliphatic rings. The Morgan fingerprint density at radius 2 is 1.74 bits per heavy atom. The molecule has 2 aromatic carbocycles. The molecule has 2 heterocycles. The molecule has 4 rings (SSSR count). The molecule has 0 saturated carbocycles. The van der Waals surface area contributed by atoms with E-state index in [9.17, 15) is 19.7 Å². The van der Waals surface area contributed by atoms with Crippen molar-refractivity contribution in [1.82, 2.24) is 14.7 Å². The van der Waals surface area contributed by atoms with Gasteiger partial charge in [-0.3, -0.25) is 24.6 Å². The van der Waals surface area contributed by atoms with Gasteiger partial charge in [0.25, 0.3) is 11.6 Å². The second kappa shape index (κ2) is 13.5. The lowest BCUT2D eigenvalue weighted by Gasteiger charge is -2.30. The summed E-state index contributed by atoms with van der Waals surface area (Å²) in [4.78, 5) is 43.3. The van der Waals surface area contributed by atoms with Crippen LogP contribution in [0.2, 0.25) is 0 Å². The fourth-order valence-electron chi connectivity index (χ4n) is 4.39. The summed E-state index contributed by atoms with van der Waals surface area (Å²) < 4.78 is 10.9. The van der Waals surface area contributed by atoms with Crippen LogP contribution in [0.3, 0.4) is 0 Å². The smallest absolute Gasteiger partial charge is 0.270 e. The van der Waals surface area contributed by atoms with E-state index in [1.807, 2.05) is 30.3 Å². The summed E-state index contributed by atoms with van der Waals surface area (Å²) in [5.41, 5.74) is 0.967. The molecule has 1 saturated heterocycles. The predicted molar refractivity (Wildman–Crippen MR) is 140 cm³/mol. The largest absolute Gasteiger partial charge is 0.467 e. The zero-order chi connectivity index (χ0) is 26.7. The topological polar surface area (TPSA) is 109 Å². The molecule has 10 nitrogen and oxygen atoms in total. The minimum atomic E-state index is -0.532. The fraction of sp³-hybridized carbons (Fsp3) is 0.357. The Labute approximate surface area is 221 Å². The van der Waals surface area contributed by atoms with E-state index in [0.717, 1.165) is 25.2 Å². The van der Waals surface area contributed by atoms with Gasteiger partial charge in [-0.2, -0.15) is 0 Å². The summed E-state index contributed by atoms with van der Waals surface area (Å²) in [6, 6.07) is 18.8. The lowest BCUT2D eigenvalue weighted by molar-refractivity contribution is -0.384. The fourth-order valence-corrected chi connectivity index (χ4v) is 4.39. The lowest BCUT2D eigenvalue weighted by atomic mass is 10.1. The summed E-state index contributed by atoms with van der Waals surface area (Å²) in [5, 5.41) is 11.3. The van der Waals surface area contributed by atoms with Crippen LogP contribution in [0, 0.1) is 10.1 Å². The molecule has 10 heteroatoms. The molecule has 38 heavy (non-hydrogen) atoms. The molecule has 200 valence electrons. The number of amides is 2. The highest BCUT2D eigenvalue weighted by atomic mass is 16.6. The quantitative estimate of drug-likeness (QED) is 0.265. The van der Waals surface area contributed by atoms with Crippen LogP contribution in [0.25, 0.3) is 0 Å². The molecule has 1 fully saturated rings. The number of nitro groups is 1. The highest BCUT2D eigenvalue weighted by Crippen LogP contribution is 2.17. The zero-order valence-corrected chi connectivity index (χ0v) is 21.2. The zero-order valence-electron chi connectivity index (χ0n) is 21.2. The monoisotopic (exact) mass is 520 g/mol. The van der Waals surface area contributed by atoms with Crippen LogP contribution in [-0.2, 0) is 22.6 Å². The van der Waals surface area contributed by atoms with Gasteiger partial charge in [-0.25, -0.2) is 0 Å². The number of nitrogens with zero attached hydrogens (tertiary/aromatic N) is 4. The Morgan fingerprint density at radius 1 is 0.947 bits per heavy atom. The number of benzene rings is 2. The third kappa shape index (κ3) is 7.74. The summed E-state index contributed by atoms with van der Waals surface area (Å²) in [6.07, 6.45) is 2.22. The first-order valence-electron chi connectivity index (χ1n) is 12.7. The third-order valence-electron chi connectivity index (χ3n) is 6.42. The van der Waals surface area contributed by atoms with Gasteiger partial charge < -0.3 is 19.0 Å². The number of morpholine rings is 1. The first kappa shape index (κ1) is 27.0. The van der Waals surface area contributed by atoms with Gasteiger partial charge >= 0.3 is 0 Å². The maximum Gasteiger partial charge on any atom is 0.270 e. The maximum absolute atomic E-state index is 13.6. The molecular formula is C28H32N4O6. The standard InChI is InChI=1S/C28H32N4O6/c33-27(31(21-26-11-5-16-38-26)20-23-7-2-1-3-8-23)22-30(13-6-12-29-14-17-37-18-15-29)28(34)24-9-4-10-25(19-24)32(35)36/h1-5,7-11,16,19H,6,12-15,17-18,20-22H2. The molecule has 0 aliphatic carbocycles. The molecule has 1 aromatic heterocycles. The molecule has 0 atom stereocenters. The van der Waals surface area contributed by atoms with Crippen molar-refractivity contribution in [1.29, 1.82) is 0 Å². The lowest BCUT2D eigenvalue weighted by Crippen LogP contribution is -2.44. The van der Waals surface area contributed by atoms with Crippen LogP contribution in [0.1, 0.15) is 28.1 Å². The SMILES string of the molecule is O=C(CN(CCCN1CCOCC1)C(=O)c1cccc([N+](=O)[O-])c1)N(Cc1ccccc1)Cc1ccco1. The van der Waals surface area contributed by atoms with E-state index in [1.54, 1.807) is 29.4 Å². The molecule has 2 amide bonds. The highest BCUT2D eigenvalue weighted by molar-refractivity contribution is 5.97. The summed E-state index contributed by atoms with van der Waals surface area (Å²) in [7, 11) is 0. The van der Waals surface area contributed by atoms with Crippen molar-refractivity contribution in [2.75, 3.05) is 45.9 Å². The van der Waals surface area contributed by atoms with Crippen LogP contribution in [-0.4, -0.2) is 77.4 Å². The number of hydrogen-bond acceptors (Lipinski definition) is 7. The van der Waals surface area contributed by atoms with Gasteiger partial charge in [0.1, 0.15) is 12.3 Å². The van der Waals surface area contributed by atoms with Crippen molar-refractivity contribution in [3.05, 3.63) is 100.0 Å². The molecule has 0 radical (unpaired) electrons. The molecular weight excluding hydrogens is 488 g/mol. The Bertz CT molecular complexity index is 1200. The number of non-ortho nitro benzene ring substituents is 1. The van der Waals surface area contributed by atoms with Gasteiger partial charge in [-0.1, -0.05) is 36.4 Å². The van der Waals surface area contributed by atoms with Gasteiger partial charge in [0.15, 0.2) is 0 Å². The first-order chi connectivity index (χ1) is 18.5. The highest BCUT2D eigenvalue weighted by Gasteiger charge is 2.25. The summed E-state index contributed by atoms with van der Waals surface area (Å²) >= 11 is 0. The van der Waals surface area contributed by atoms with E-state index in [-0.39, 0.29) is 30.2 Å². The second-order valence-electron chi connectivity index (χ2n) is 9.16. The van der Waals surface area contributed by atoms with E-state index in [1.165, 1.54) is 23.1 Å². The Hall–Kier alpha value is -4.02. The molecule has 1 aliphatic heterocycles. The minimum absolute atomic E-state index is 0.155.